The molecule has 0 bridgehead atoms. The molecule has 1 heterocycles. The number of nitrogens with zero attached hydrogens (tertiary/aromatic N) is 2. The molecule has 1 aromatic carbocycles. The summed E-state index contributed by atoms with van der Waals surface area (Å²) in [5.74, 6) is 0.0485. The van der Waals surface area contributed by atoms with Crippen LogP contribution in [0.3, 0.4) is 0 Å². The maximum atomic E-state index is 12.7. The van der Waals surface area contributed by atoms with Gasteiger partial charge < -0.3 is 15.5 Å². The molecule has 1 aromatic rings. The zero-order valence-corrected chi connectivity index (χ0v) is 14.8. The summed E-state index contributed by atoms with van der Waals surface area (Å²) in [5, 5.41) is 0. The average Bonchev–Trinajstić information content (AvgIpc) is 2.54. The number of hydrogen-bond donors (Lipinski definition) is 1. The minimum absolute atomic E-state index is 0. The number of carbonyl (C=O) groups excluding carboxylic acids is 2. The Labute approximate surface area is 144 Å². The van der Waals surface area contributed by atoms with Crippen LogP contribution in [-0.2, 0) is 15.1 Å². The van der Waals surface area contributed by atoms with Gasteiger partial charge in [0.15, 0.2) is 0 Å². The van der Waals surface area contributed by atoms with Crippen molar-refractivity contribution >= 4 is 24.2 Å². The highest BCUT2D eigenvalue weighted by Gasteiger charge is 2.36. The second kappa shape index (κ2) is 7.79. The largest absolute Gasteiger partial charge is 0.339 e. The van der Waals surface area contributed by atoms with Gasteiger partial charge in [-0.2, -0.15) is 0 Å². The Balaban J connectivity index is 0.00000264. The first kappa shape index (κ1) is 19.5. The molecule has 5 nitrogen and oxygen atoms in total. The van der Waals surface area contributed by atoms with Crippen LogP contribution < -0.4 is 5.73 Å². The smallest absolute Gasteiger partial charge is 0.247 e. The standard InChI is InChI=1S/C17H25N3O2.ClH/c1-13(2)15(21)19-9-11-20(12-10-19)16(22)17(3,18)14-7-5-4-6-8-14;/h4-8,13H,9-12,18H2,1-3H3;1H. The van der Waals surface area contributed by atoms with E-state index < -0.39 is 5.54 Å². The van der Waals surface area contributed by atoms with Crippen molar-refractivity contribution in [1.29, 1.82) is 0 Å². The van der Waals surface area contributed by atoms with Crippen molar-refractivity contribution in [3.8, 4) is 0 Å². The van der Waals surface area contributed by atoms with Crippen LogP contribution in [0.15, 0.2) is 30.3 Å². The SMILES string of the molecule is CC(C)C(=O)N1CCN(C(=O)C(C)(N)c2ccccc2)CC1.Cl. The Morgan fingerprint density at radius 2 is 1.52 bits per heavy atom. The zero-order chi connectivity index (χ0) is 16.3. The number of piperazine rings is 1. The molecule has 1 fully saturated rings. The third-order valence-corrected chi connectivity index (χ3v) is 4.19. The lowest BCUT2D eigenvalue weighted by molar-refractivity contribution is -0.144. The van der Waals surface area contributed by atoms with E-state index in [2.05, 4.69) is 0 Å². The second-order valence-electron chi connectivity index (χ2n) is 6.34. The molecule has 0 radical (unpaired) electrons. The molecule has 2 N–H and O–H groups in total. The van der Waals surface area contributed by atoms with Crippen LogP contribution in [0.5, 0.6) is 0 Å². The fraction of sp³-hybridized carbons (Fsp3) is 0.529. The van der Waals surface area contributed by atoms with Crippen LogP contribution in [0.25, 0.3) is 0 Å². The van der Waals surface area contributed by atoms with E-state index in [4.69, 9.17) is 5.73 Å². The van der Waals surface area contributed by atoms with Crippen molar-refractivity contribution in [2.24, 2.45) is 11.7 Å². The van der Waals surface area contributed by atoms with Gasteiger partial charge in [0.1, 0.15) is 5.54 Å². The number of carbonyl (C=O) groups is 2. The summed E-state index contributed by atoms with van der Waals surface area (Å²) in [5.41, 5.74) is 6.05. The third-order valence-electron chi connectivity index (χ3n) is 4.19. The van der Waals surface area contributed by atoms with Crippen molar-refractivity contribution < 1.29 is 9.59 Å². The highest BCUT2D eigenvalue weighted by Crippen LogP contribution is 2.21. The van der Waals surface area contributed by atoms with E-state index in [1.54, 1.807) is 11.8 Å². The van der Waals surface area contributed by atoms with Gasteiger partial charge in [0.2, 0.25) is 11.8 Å². The number of halogens is 1. The third kappa shape index (κ3) is 4.24. The van der Waals surface area contributed by atoms with E-state index in [0.29, 0.717) is 26.2 Å². The summed E-state index contributed by atoms with van der Waals surface area (Å²) in [6.45, 7) is 7.77. The predicted octanol–water partition coefficient (Wildman–Crippen LogP) is 1.61. The van der Waals surface area contributed by atoms with Crippen molar-refractivity contribution in [3.63, 3.8) is 0 Å². The van der Waals surface area contributed by atoms with E-state index >= 15 is 0 Å². The van der Waals surface area contributed by atoms with Gasteiger partial charge in [0.25, 0.3) is 0 Å². The molecule has 1 atom stereocenters. The van der Waals surface area contributed by atoms with E-state index in [1.165, 1.54) is 0 Å². The van der Waals surface area contributed by atoms with Crippen LogP contribution in [0.4, 0.5) is 0 Å². The Hall–Kier alpha value is -1.59. The lowest BCUT2D eigenvalue weighted by atomic mass is 9.91. The van der Waals surface area contributed by atoms with Crippen molar-refractivity contribution in [3.05, 3.63) is 35.9 Å². The van der Waals surface area contributed by atoms with Gasteiger partial charge in [-0.15, -0.1) is 12.4 Å². The van der Waals surface area contributed by atoms with Gasteiger partial charge in [-0.05, 0) is 12.5 Å². The minimum atomic E-state index is -1.04. The summed E-state index contributed by atoms with van der Waals surface area (Å²) in [6, 6.07) is 9.41. The van der Waals surface area contributed by atoms with Crippen molar-refractivity contribution in [2.45, 2.75) is 26.3 Å². The van der Waals surface area contributed by atoms with E-state index in [-0.39, 0.29) is 30.1 Å². The van der Waals surface area contributed by atoms with Crippen LogP contribution in [0.2, 0.25) is 0 Å². The first-order valence-corrected chi connectivity index (χ1v) is 7.76. The summed E-state index contributed by atoms with van der Waals surface area (Å²) in [6.07, 6.45) is 0. The molecule has 0 saturated carbocycles. The molecule has 2 rings (SSSR count). The molecular formula is C17H26ClN3O2. The normalized spacial score (nSPS) is 17.4. The summed E-state index contributed by atoms with van der Waals surface area (Å²) < 4.78 is 0. The molecule has 1 unspecified atom stereocenters. The highest BCUT2D eigenvalue weighted by atomic mass is 35.5. The molecule has 0 spiro atoms. The predicted molar refractivity (Wildman–Crippen MR) is 93.2 cm³/mol. The van der Waals surface area contributed by atoms with Gasteiger partial charge in [0.05, 0.1) is 0 Å². The Morgan fingerprint density at radius 3 is 2.00 bits per heavy atom. The van der Waals surface area contributed by atoms with Crippen LogP contribution in [-0.4, -0.2) is 47.8 Å². The number of hydrogen-bond acceptors (Lipinski definition) is 3. The highest BCUT2D eigenvalue weighted by molar-refractivity contribution is 5.87. The van der Waals surface area contributed by atoms with E-state index in [1.807, 2.05) is 49.1 Å². The lowest BCUT2D eigenvalue weighted by Crippen LogP contribution is -2.57. The number of amides is 2. The molecule has 1 aliphatic rings. The Morgan fingerprint density at radius 1 is 1.04 bits per heavy atom. The van der Waals surface area contributed by atoms with Crippen LogP contribution in [0, 0.1) is 5.92 Å². The quantitative estimate of drug-likeness (QED) is 0.909. The fourth-order valence-corrected chi connectivity index (χ4v) is 2.73. The van der Waals surface area contributed by atoms with Crippen LogP contribution >= 0.6 is 12.4 Å². The Kier molecular flexibility index (Phi) is 6.59. The molecule has 0 aliphatic carbocycles. The average molecular weight is 340 g/mol. The van der Waals surface area contributed by atoms with Gasteiger partial charge in [-0.1, -0.05) is 44.2 Å². The minimum Gasteiger partial charge on any atom is -0.339 e. The molecule has 6 heteroatoms. The van der Waals surface area contributed by atoms with E-state index in [9.17, 15) is 9.59 Å². The monoisotopic (exact) mass is 339 g/mol. The first-order chi connectivity index (χ1) is 10.3. The molecule has 0 aromatic heterocycles. The van der Waals surface area contributed by atoms with Gasteiger partial charge in [0, 0.05) is 32.1 Å². The van der Waals surface area contributed by atoms with Crippen LogP contribution in [0.1, 0.15) is 26.3 Å². The second-order valence-corrected chi connectivity index (χ2v) is 6.34. The molecule has 1 aliphatic heterocycles. The fourth-order valence-electron chi connectivity index (χ4n) is 2.73. The molecule has 23 heavy (non-hydrogen) atoms. The van der Waals surface area contributed by atoms with Crippen molar-refractivity contribution in [2.75, 3.05) is 26.2 Å². The number of rotatable bonds is 3. The maximum Gasteiger partial charge on any atom is 0.247 e. The molecule has 1 saturated heterocycles. The summed E-state index contributed by atoms with van der Waals surface area (Å²) >= 11 is 0. The maximum absolute atomic E-state index is 12.7. The lowest BCUT2D eigenvalue weighted by Gasteiger charge is -2.39. The molecular weight excluding hydrogens is 314 g/mol. The number of benzene rings is 1. The first-order valence-electron chi connectivity index (χ1n) is 7.76. The summed E-state index contributed by atoms with van der Waals surface area (Å²) in [4.78, 5) is 28.3. The van der Waals surface area contributed by atoms with Gasteiger partial charge in [-0.3, -0.25) is 9.59 Å². The van der Waals surface area contributed by atoms with Crippen molar-refractivity contribution in [1.82, 2.24) is 9.80 Å². The molecule has 2 amide bonds. The van der Waals surface area contributed by atoms with Gasteiger partial charge >= 0.3 is 0 Å². The zero-order valence-electron chi connectivity index (χ0n) is 14.0. The van der Waals surface area contributed by atoms with E-state index in [0.717, 1.165) is 5.56 Å². The van der Waals surface area contributed by atoms with Gasteiger partial charge in [-0.25, -0.2) is 0 Å². The summed E-state index contributed by atoms with van der Waals surface area (Å²) in [7, 11) is 0. The molecule has 128 valence electrons. The topological polar surface area (TPSA) is 66.6 Å². The Bertz CT molecular complexity index is 538. The number of nitrogens with two attached hydrogens (primary N) is 1.